The van der Waals surface area contributed by atoms with Gasteiger partial charge in [0, 0.05) is 19.1 Å². The van der Waals surface area contributed by atoms with Crippen LogP contribution in [-0.4, -0.2) is 43.7 Å². The highest BCUT2D eigenvalue weighted by Crippen LogP contribution is 2.28. The van der Waals surface area contributed by atoms with Crippen LogP contribution in [0.2, 0.25) is 0 Å². The van der Waals surface area contributed by atoms with Gasteiger partial charge in [-0.25, -0.2) is 9.59 Å². The van der Waals surface area contributed by atoms with E-state index < -0.39 is 17.7 Å². The zero-order chi connectivity index (χ0) is 14.4. The van der Waals surface area contributed by atoms with Crippen LogP contribution in [0.4, 0.5) is 0 Å². The molecule has 112 valence electrons. The molecule has 0 bridgehead atoms. The topological polar surface area (TPSA) is 71.1 Å². The van der Waals surface area contributed by atoms with Crippen molar-refractivity contribution in [3.05, 3.63) is 12.7 Å². The second-order valence-corrected chi connectivity index (χ2v) is 4.92. The molecule has 0 aromatic rings. The lowest BCUT2D eigenvalue weighted by Gasteiger charge is -2.29. The summed E-state index contributed by atoms with van der Waals surface area (Å²) in [6.07, 6.45) is 4.49. The summed E-state index contributed by atoms with van der Waals surface area (Å²) in [6.45, 7) is 4.55. The Kier molecular flexibility index (Phi) is 5.14. The molecule has 6 nitrogen and oxygen atoms in total. The lowest BCUT2D eigenvalue weighted by Crippen LogP contribution is -2.47. The predicted molar refractivity (Wildman–Crippen MR) is 68.8 cm³/mol. The number of cyclic esters (lactones) is 1. The van der Waals surface area contributed by atoms with E-state index in [0.717, 1.165) is 25.3 Å². The minimum Gasteiger partial charge on any atom is -0.461 e. The van der Waals surface area contributed by atoms with Crippen molar-refractivity contribution in [2.45, 2.75) is 44.0 Å². The highest BCUT2D eigenvalue weighted by molar-refractivity contribution is 5.86. The maximum absolute atomic E-state index is 12.1. The maximum atomic E-state index is 12.1. The van der Waals surface area contributed by atoms with Gasteiger partial charge in [-0.05, 0) is 25.7 Å². The summed E-state index contributed by atoms with van der Waals surface area (Å²) in [7, 11) is 0. The van der Waals surface area contributed by atoms with Gasteiger partial charge < -0.3 is 18.9 Å². The molecule has 2 saturated heterocycles. The van der Waals surface area contributed by atoms with Crippen LogP contribution in [0.15, 0.2) is 12.7 Å². The number of hydrogen-bond acceptors (Lipinski definition) is 6. The van der Waals surface area contributed by atoms with Crippen molar-refractivity contribution in [1.82, 2.24) is 0 Å². The summed E-state index contributed by atoms with van der Waals surface area (Å²) in [4.78, 5) is 23.6. The average Bonchev–Trinajstić information content (AvgIpc) is 2.90. The van der Waals surface area contributed by atoms with Crippen LogP contribution in [0.3, 0.4) is 0 Å². The molecule has 2 atom stereocenters. The van der Waals surface area contributed by atoms with Gasteiger partial charge >= 0.3 is 17.7 Å². The molecule has 0 saturated carbocycles. The molecule has 0 aromatic heterocycles. The van der Waals surface area contributed by atoms with Crippen LogP contribution in [0.1, 0.15) is 32.1 Å². The van der Waals surface area contributed by atoms with Crippen LogP contribution in [-0.2, 0) is 28.5 Å². The van der Waals surface area contributed by atoms with E-state index in [2.05, 4.69) is 6.58 Å². The normalized spacial score (nSPS) is 30.4. The summed E-state index contributed by atoms with van der Waals surface area (Å²) in [6, 6.07) is 0. The molecule has 2 unspecified atom stereocenters. The van der Waals surface area contributed by atoms with Crippen molar-refractivity contribution >= 4 is 11.9 Å². The summed E-state index contributed by atoms with van der Waals surface area (Å²) >= 11 is 0. The van der Waals surface area contributed by atoms with Crippen molar-refractivity contribution in [2.24, 2.45) is 0 Å². The lowest BCUT2D eigenvalue weighted by molar-refractivity contribution is -0.245. The van der Waals surface area contributed by atoms with Crippen LogP contribution < -0.4 is 0 Å². The van der Waals surface area contributed by atoms with Crippen molar-refractivity contribution in [3.8, 4) is 0 Å². The molecule has 2 fully saturated rings. The lowest BCUT2D eigenvalue weighted by atomic mass is 10.1. The van der Waals surface area contributed by atoms with E-state index in [9.17, 15) is 9.59 Å². The van der Waals surface area contributed by atoms with Crippen molar-refractivity contribution < 1.29 is 28.5 Å². The van der Waals surface area contributed by atoms with Gasteiger partial charge in [-0.15, -0.1) is 0 Å². The third-order valence-electron chi connectivity index (χ3n) is 3.40. The summed E-state index contributed by atoms with van der Waals surface area (Å²) in [5.74, 6) is -3.01. The van der Waals surface area contributed by atoms with Crippen LogP contribution in [0, 0.1) is 0 Å². The van der Waals surface area contributed by atoms with Crippen molar-refractivity contribution in [1.29, 1.82) is 0 Å². The Morgan fingerprint density at radius 2 is 2.25 bits per heavy atom. The van der Waals surface area contributed by atoms with E-state index in [-0.39, 0.29) is 19.1 Å². The third kappa shape index (κ3) is 3.58. The molecule has 2 aliphatic rings. The van der Waals surface area contributed by atoms with Crippen molar-refractivity contribution in [2.75, 3.05) is 19.8 Å². The predicted octanol–water partition coefficient (Wildman–Crippen LogP) is 1.33. The molecule has 0 N–H and O–H groups in total. The van der Waals surface area contributed by atoms with Gasteiger partial charge in [0.25, 0.3) is 0 Å². The van der Waals surface area contributed by atoms with E-state index in [1.807, 2.05) is 0 Å². The zero-order valence-electron chi connectivity index (χ0n) is 11.5. The van der Waals surface area contributed by atoms with Gasteiger partial charge in [0.05, 0.1) is 19.3 Å². The third-order valence-corrected chi connectivity index (χ3v) is 3.40. The SMILES string of the molecule is C=CC(=O)OC1(OCC2CCCO2)CCCCOC1=O. The van der Waals surface area contributed by atoms with E-state index in [4.69, 9.17) is 18.9 Å². The van der Waals surface area contributed by atoms with Crippen molar-refractivity contribution in [3.63, 3.8) is 0 Å². The van der Waals surface area contributed by atoms with Crippen LogP contribution in [0.5, 0.6) is 0 Å². The molecule has 0 spiro atoms. The van der Waals surface area contributed by atoms with E-state index in [0.29, 0.717) is 19.6 Å². The summed E-state index contributed by atoms with van der Waals surface area (Å²) < 4.78 is 21.3. The van der Waals surface area contributed by atoms with E-state index in [1.165, 1.54) is 0 Å². The average molecular weight is 284 g/mol. The first-order valence-electron chi connectivity index (χ1n) is 6.94. The fourth-order valence-corrected chi connectivity index (χ4v) is 2.30. The fraction of sp³-hybridized carbons (Fsp3) is 0.714. The summed E-state index contributed by atoms with van der Waals surface area (Å²) in [5.41, 5.74) is 0. The molecule has 6 heteroatoms. The fourth-order valence-electron chi connectivity index (χ4n) is 2.30. The smallest absolute Gasteiger partial charge is 0.379 e. The molecular weight excluding hydrogens is 264 g/mol. The van der Waals surface area contributed by atoms with Gasteiger partial charge in [-0.3, -0.25) is 0 Å². The Morgan fingerprint density at radius 3 is 2.95 bits per heavy atom. The van der Waals surface area contributed by atoms with E-state index >= 15 is 0 Å². The first-order valence-corrected chi connectivity index (χ1v) is 6.94. The Bertz CT molecular complexity index is 374. The van der Waals surface area contributed by atoms with Gasteiger partial charge in [0.2, 0.25) is 0 Å². The van der Waals surface area contributed by atoms with Crippen LogP contribution >= 0.6 is 0 Å². The molecule has 20 heavy (non-hydrogen) atoms. The van der Waals surface area contributed by atoms with Crippen LogP contribution in [0.25, 0.3) is 0 Å². The first kappa shape index (κ1) is 15.0. The second-order valence-electron chi connectivity index (χ2n) is 4.92. The standard InChI is InChI=1S/C14H20O6/c1-2-12(15)20-14(7-3-4-8-18-13(14)16)19-10-11-6-5-9-17-11/h2,11H,1,3-10H2. The van der Waals surface area contributed by atoms with Gasteiger partial charge in [-0.1, -0.05) is 6.58 Å². The molecular formula is C14H20O6. The summed E-state index contributed by atoms with van der Waals surface area (Å²) in [5, 5.41) is 0. The highest BCUT2D eigenvalue weighted by atomic mass is 16.7. The number of carbonyl (C=O) groups is 2. The molecule has 0 radical (unpaired) electrons. The molecule has 2 heterocycles. The number of rotatable bonds is 5. The van der Waals surface area contributed by atoms with Gasteiger partial charge in [-0.2, -0.15) is 0 Å². The molecule has 0 aliphatic carbocycles. The molecule has 2 rings (SSSR count). The largest absolute Gasteiger partial charge is 0.461 e. The highest BCUT2D eigenvalue weighted by Gasteiger charge is 2.46. The minimum absolute atomic E-state index is 0.0645. The molecule has 2 aliphatic heterocycles. The Labute approximate surface area is 118 Å². The Balaban J connectivity index is 2.06. The number of hydrogen-bond donors (Lipinski definition) is 0. The Morgan fingerprint density at radius 1 is 1.40 bits per heavy atom. The number of ether oxygens (including phenoxy) is 4. The quantitative estimate of drug-likeness (QED) is 0.431. The van der Waals surface area contributed by atoms with E-state index in [1.54, 1.807) is 0 Å². The zero-order valence-corrected chi connectivity index (χ0v) is 11.5. The number of carbonyl (C=O) groups excluding carboxylic acids is 2. The molecule has 0 amide bonds. The van der Waals surface area contributed by atoms with Gasteiger partial charge in [0.1, 0.15) is 0 Å². The molecule has 0 aromatic carbocycles. The second kappa shape index (κ2) is 6.85. The number of esters is 2. The Hall–Kier alpha value is -1.40. The minimum atomic E-state index is -1.66. The first-order chi connectivity index (χ1) is 9.66. The monoisotopic (exact) mass is 284 g/mol. The van der Waals surface area contributed by atoms with Gasteiger partial charge in [0.15, 0.2) is 0 Å². The maximum Gasteiger partial charge on any atom is 0.379 e.